The van der Waals surface area contributed by atoms with E-state index in [0.717, 1.165) is 29.2 Å². The summed E-state index contributed by atoms with van der Waals surface area (Å²) in [6, 6.07) is 31.8. The molecule has 33 heavy (non-hydrogen) atoms. The van der Waals surface area contributed by atoms with E-state index in [0.29, 0.717) is 5.75 Å². The average molecular weight is 467 g/mol. The van der Waals surface area contributed by atoms with Crippen LogP contribution in [0.25, 0.3) is 0 Å². The highest BCUT2D eigenvalue weighted by molar-refractivity contribution is 8.33. The van der Waals surface area contributed by atoms with E-state index < -0.39 is 27.7 Å². The number of rotatable bonds is 5. The highest BCUT2D eigenvalue weighted by Crippen LogP contribution is 2.65. The number of carbonyl (C=O) groups is 1. The van der Waals surface area contributed by atoms with Crippen molar-refractivity contribution in [1.29, 1.82) is 0 Å². The number of hydrogen-bond acceptors (Lipinski definition) is 2. The maximum absolute atomic E-state index is 12.7. The van der Waals surface area contributed by atoms with Crippen LogP contribution in [-0.2, 0) is 6.18 Å². The van der Waals surface area contributed by atoms with Gasteiger partial charge in [-0.05, 0) is 93.7 Å². The fourth-order valence-electron chi connectivity index (χ4n) is 3.53. The molecular weight excluding hydrogens is 445 g/mol. The Bertz CT molecular complexity index is 1180. The van der Waals surface area contributed by atoms with E-state index in [1.165, 1.54) is 9.79 Å². The van der Waals surface area contributed by atoms with Gasteiger partial charge in [0.2, 0.25) is 0 Å². The number of esters is 1. The van der Waals surface area contributed by atoms with E-state index in [4.69, 9.17) is 4.74 Å². The van der Waals surface area contributed by atoms with Crippen LogP contribution in [0.4, 0.5) is 13.2 Å². The van der Waals surface area contributed by atoms with Gasteiger partial charge in [0.1, 0.15) is 5.75 Å². The third-order valence-electron chi connectivity index (χ3n) is 5.38. The molecular formula is C27H21F3O2S. The molecule has 0 aliphatic carbocycles. The lowest BCUT2D eigenvalue weighted by atomic mass is 10.1. The Kier molecular flexibility index (Phi) is 6.29. The van der Waals surface area contributed by atoms with Gasteiger partial charge in [0, 0.05) is 0 Å². The van der Waals surface area contributed by atoms with Gasteiger partial charge in [-0.2, -0.15) is 23.2 Å². The molecule has 0 saturated heterocycles. The summed E-state index contributed by atoms with van der Waals surface area (Å²) < 4.78 is 43.6. The Morgan fingerprint density at radius 1 is 0.667 bits per heavy atom. The van der Waals surface area contributed by atoms with Gasteiger partial charge in [-0.1, -0.05) is 36.4 Å². The molecule has 0 radical (unpaired) electrons. The van der Waals surface area contributed by atoms with Gasteiger partial charge in [-0.3, -0.25) is 0 Å². The molecule has 0 atom stereocenters. The quantitative estimate of drug-likeness (QED) is 0.221. The Balaban J connectivity index is 1.59. The molecule has 0 bridgehead atoms. The third-order valence-corrected chi connectivity index (χ3v) is 9.03. The maximum atomic E-state index is 12.7. The number of halogens is 3. The second kappa shape index (κ2) is 9.16. The Hall–Kier alpha value is -3.51. The van der Waals surface area contributed by atoms with E-state index in [2.05, 4.69) is 30.5 Å². The van der Waals surface area contributed by atoms with Crippen molar-refractivity contribution in [3.8, 4) is 5.75 Å². The average Bonchev–Trinajstić information content (AvgIpc) is 2.84. The Morgan fingerprint density at radius 3 is 1.58 bits per heavy atom. The summed E-state index contributed by atoms with van der Waals surface area (Å²) in [5.41, 5.74) is -0.761. The molecule has 4 aromatic carbocycles. The van der Waals surface area contributed by atoms with Crippen molar-refractivity contribution in [3.63, 3.8) is 0 Å². The van der Waals surface area contributed by atoms with Crippen LogP contribution in [0.5, 0.6) is 5.75 Å². The molecule has 0 aromatic heterocycles. The molecule has 168 valence electrons. The summed E-state index contributed by atoms with van der Waals surface area (Å²) in [4.78, 5) is 15.9. The van der Waals surface area contributed by atoms with Gasteiger partial charge in [-0.15, -0.1) is 0 Å². The fraction of sp³-hybridized carbons (Fsp3) is 0.0741. The molecule has 0 fully saturated rings. The van der Waals surface area contributed by atoms with Crippen molar-refractivity contribution in [1.82, 2.24) is 0 Å². The minimum atomic E-state index is -4.45. The lowest BCUT2D eigenvalue weighted by Gasteiger charge is -2.37. The summed E-state index contributed by atoms with van der Waals surface area (Å²) in [5.74, 6) is -0.385. The zero-order valence-corrected chi connectivity index (χ0v) is 18.6. The zero-order valence-electron chi connectivity index (χ0n) is 17.8. The van der Waals surface area contributed by atoms with E-state index >= 15 is 0 Å². The summed E-state index contributed by atoms with van der Waals surface area (Å²) in [5, 5.41) is 0. The minimum Gasteiger partial charge on any atom is -0.423 e. The standard InChI is InChI=1S/C27H21F3O2S/c1-33(23-8-4-2-5-9-23,24-10-6-3-7-11-24)25-18-16-22(17-19-25)32-26(31)20-12-14-21(15-13-20)27(28,29)30/h2-19H,1H3. The van der Waals surface area contributed by atoms with Gasteiger partial charge >= 0.3 is 12.1 Å². The van der Waals surface area contributed by atoms with Gasteiger partial charge in [-0.25, -0.2) is 4.79 Å². The predicted molar refractivity (Wildman–Crippen MR) is 124 cm³/mol. The van der Waals surface area contributed by atoms with Crippen LogP contribution in [0.1, 0.15) is 15.9 Å². The number of hydrogen-bond donors (Lipinski definition) is 0. The molecule has 4 aromatic rings. The second-order valence-electron chi connectivity index (χ2n) is 7.48. The van der Waals surface area contributed by atoms with Crippen molar-refractivity contribution in [3.05, 3.63) is 120 Å². The molecule has 4 rings (SSSR count). The predicted octanol–water partition coefficient (Wildman–Crippen LogP) is 7.84. The molecule has 0 aliphatic rings. The first-order valence-electron chi connectivity index (χ1n) is 10.2. The smallest absolute Gasteiger partial charge is 0.416 e. The molecule has 0 spiro atoms. The number of alkyl halides is 3. The Labute approximate surface area is 192 Å². The largest absolute Gasteiger partial charge is 0.423 e. The van der Waals surface area contributed by atoms with E-state index in [1.807, 2.05) is 48.5 Å². The van der Waals surface area contributed by atoms with Crippen LogP contribution < -0.4 is 4.74 Å². The van der Waals surface area contributed by atoms with Crippen LogP contribution >= 0.6 is 10.0 Å². The maximum Gasteiger partial charge on any atom is 0.416 e. The molecule has 6 heteroatoms. The van der Waals surface area contributed by atoms with Crippen LogP contribution in [-0.4, -0.2) is 12.2 Å². The van der Waals surface area contributed by atoms with Crippen molar-refractivity contribution >= 4 is 16.0 Å². The molecule has 0 N–H and O–H groups in total. The van der Waals surface area contributed by atoms with E-state index in [-0.39, 0.29) is 5.56 Å². The SMILES string of the molecule is CS(c1ccccc1)(c1ccccc1)c1ccc(OC(=O)c2ccc(C(F)(F)F)cc2)cc1. The number of benzene rings is 4. The summed E-state index contributed by atoms with van der Waals surface area (Å²) in [6.45, 7) is 0. The first-order valence-corrected chi connectivity index (χ1v) is 12.2. The van der Waals surface area contributed by atoms with Crippen LogP contribution in [0.3, 0.4) is 0 Å². The molecule has 0 amide bonds. The lowest BCUT2D eigenvalue weighted by molar-refractivity contribution is -0.137. The zero-order chi connectivity index (χ0) is 23.5. The fourth-order valence-corrected chi connectivity index (χ4v) is 6.43. The molecule has 0 heterocycles. The van der Waals surface area contributed by atoms with Gasteiger partial charge in [0.15, 0.2) is 0 Å². The van der Waals surface area contributed by atoms with E-state index in [1.54, 1.807) is 12.1 Å². The summed E-state index contributed by atoms with van der Waals surface area (Å²) in [6.07, 6.45) is -2.23. The molecule has 0 unspecified atom stereocenters. The minimum absolute atomic E-state index is 0.0520. The van der Waals surface area contributed by atoms with Crippen LogP contribution in [0.2, 0.25) is 0 Å². The molecule has 2 nitrogen and oxygen atoms in total. The van der Waals surface area contributed by atoms with Crippen LogP contribution in [0.15, 0.2) is 124 Å². The number of ether oxygens (including phenoxy) is 1. The first-order chi connectivity index (χ1) is 15.8. The van der Waals surface area contributed by atoms with Gasteiger partial charge < -0.3 is 4.74 Å². The Morgan fingerprint density at radius 2 is 1.12 bits per heavy atom. The van der Waals surface area contributed by atoms with Crippen molar-refractivity contribution in [2.45, 2.75) is 20.9 Å². The second-order valence-corrected chi connectivity index (χ2v) is 10.7. The highest BCUT2D eigenvalue weighted by Gasteiger charge is 2.30. The van der Waals surface area contributed by atoms with Gasteiger partial charge in [0.25, 0.3) is 0 Å². The van der Waals surface area contributed by atoms with Crippen molar-refractivity contribution < 1.29 is 22.7 Å². The molecule has 0 saturated carbocycles. The normalized spacial score (nSPS) is 12.2. The third kappa shape index (κ3) is 4.81. The topological polar surface area (TPSA) is 26.3 Å². The van der Waals surface area contributed by atoms with Crippen molar-refractivity contribution in [2.75, 3.05) is 6.26 Å². The first kappa shape index (κ1) is 22.7. The monoisotopic (exact) mass is 466 g/mol. The van der Waals surface area contributed by atoms with E-state index in [9.17, 15) is 18.0 Å². The molecule has 0 aliphatic heterocycles. The number of carbonyl (C=O) groups excluding carboxylic acids is 1. The lowest BCUT2D eigenvalue weighted by Crippen LogP contribution is -2.10. The highest BCUT2D eigenvalue weighted by atomic mass is 32.3. The summed E-state index contributed by atoms with van der Waals surface area (Å²) in [7, 11) is -1.54. The van der Waals surface area contributed by atoms with Crippen LogP contribution in [0, 0.1) is 0 Å². The van der Waals surface area contributed by atoms with Crippen molar-refractivity contribution in [2.24, 2.45) is 0 Å². The summed E-state index contributed by atoms with van der Waals surface area (Å²) >= 11 is 0. The van der Waals surface area contributed by atoms with Gasteiger partial charge in [0.05, 0.1) is 11.1 Å².